The molecule has 0 spiro atoms. The molecule has 0 atom stereocenters. The number of hydrogen-bond acceptors (Lipinski definition) is 6. The van der Waals surface area contributed by atoms with Crippen molar-refractivity contribution in [1.82, 2.24) is 14.7 Å². The summed E-state index contributed by atoms with van der Waals surface area (Å²) < 4.78 is 12.2. The predicted molar refractivity (Wildman–Crippen MR) is 124 cm³/mol. The number of carbonyl (C=O) groups excluding carboxylic acids is 2. The molecule has 5 rings (SSSR count). The number of nitrogens with zero attached hydrogens (tertiary/aromatic N) is 3. The Hall–Kier alpha value is -4.14. The molecule has 1 fully saturated rings. The Morgan fingerprint density at radius 1 is 1.00 bits per heavy atom. The monoisotopic (exact) mass is 460 g/mol. The summed E-state index contributed by atoms with van der Waals surface area (Å²) >= 11 is 0. The summed E-state index contributed by atoms with van der Waals surface area (Å²) in [6, 6.07) is 16.1. The van der Waals surface area contributed by atoms with Gasteiger partial charge in [-0.3, -0.25) is 14.4 Å². The maximum atomic E-state index is 13.1. The first-order valence-electron chi connectivity index (χ1n) is 11.2. The minimum Gasteiger partial charge on any atom is -0.454 e. The highest BCUT2D eigenvalue weighted by molar-refractivity contribution is 5.94. The quantitative estimate of drug-likeness (QED) is 0.642. The van der Waals surface area contributed by atoms with E-state index in [0.717, 1.165) is 5.69 Å². The van der Waals surface area contributed by atoms with Gasteiger partial charge in [0.25, 0.3) is 5.91 Å². The fourth-order valence-corrected chi connectivity index (χ4v) is 4.24. The van der Waals surface area contributed by atoms with Gasteiger partial charge < -0.3 is 19.7 Å². The first-order chi connectivity index (χ1) is 16.5. The van der Waals surface area contributed by atoms with Crippen LogP contribution in [0.1, 0.15) is 29.0 Å². The van der Waals surface area contributed by atoms with E-state index in [1.54, 1.807) is 34.7 Å². The molecule has 1 saturated heterocycles. The minimum absolute atomic E-state index is 0.106. The molecule has 2 amide bonds. The third kappa shape index (κ3) is 4.24. The highest BCUT2D eigenvalue weighted by atomic mass is 16.7. The molecule has 0 bridgehead atoms. The average Bonchev–Trinajstić information content (AvgIpc) is 3.32. The van der Waals surface area contributed by atoms with Gasteiger partial charge in [-0.1, -0.05) is 18.2 Å². The van der Waals surface area contributed by atoms with Crippen LogP contribution in [0.4, 0.5) is 5.69 Å². The van der Waals surface area contributed by atoms with Crippen molar-refractivity contribution >= 4 is 17.5 Å². The number of ether oxygens (including phenoxy) is 2. The topological polar surface area (TPSA) is 103 Å². The molecular formula is C25H24N4O5. The zero-order valence-corrected chi connectivity index (χ0v) is 18.7. The molecule has 1 aromatic heterocycles. The Labute approximate surface area is 195 Å². The molecule has 3 heterocycles. The van der Waals surface area contributed by atoms with Crippen molar-refractivity contribution in [3.8, 4) is 17.2 Å². The van der Waals surface area contributed by atoms with E-state index in [9.17, 15) is 14.4 Å². The maximum absolute atomic E-state index is 13.1. The average molecular weight is 460 g/mol. The molecule has 34 heavy (non-hydrogen) atoms. The number of likely N-dealkylation sites (tertiary alicyclic amines) is 1. The summed E-state index contributed by atoms with van der Waals surface area (Å²) in [6.07, 6.45) is 1.00. The van der Waals surface area contributed by atoms with Crippen LogP contribution >= 0.6 is 0 Å². The van der Waals surface area contributed by atoms with Crippen molar-refractivity contribution in [1.29, 1.82) is 0 Å². The smallest absolute Gasteiger partial charge is 0.278 e. The number of aryl methyl sites for hydroxylation is 1. The van der Waals surface area contributed by atoms with E-state index in [1.807, 2.05) is 30.3 Å². The number of nitrogens with one attached hydrogen (secondary N) is 1. The summed E-state index contributed by atoms with van der Waals surface area (Å²) in [6.45, 7) is 2.70. The molecule has 2 aliphatic rings. The lowest BCUT2D eigenvalue weighted by Gasteiger charge is -2.31. The molecule has 3 aromatic rings. The number of aromatic nitrogens is 2. The summed E-state index contributed by atoms with van der Waals surface area (Å²) in [4.78, 5) is 40.0. The minimum atomic E-state index is -0.413. The van der Waals surface area contributed by atoms with Gasteiger partial charge >= 0.3 is 0 Å². The maximum Gasteiger partial charge on any atom is 0.278 e. The van der Waals surface area contributed by atoms with Crippen LogP contribution < -0.4 is 20.2 Å². The van der Waals surface area contributed by atoms with Crippen LogP contribution in [0.5, 0.6) is 11.5 Å². The summed E-state index contributed by atoms with van der Waals surface area (Å²) in [5.41, 5.74) is 1.53. The van der Waals surface area contributed by atoms with Crippen LogP contribution in [-0.4, -0.2) is 46.4 Å². The fraction of sp³-hybridized carbons (Fsp3) is 0.280. The molecule has 2 aromatic carbocycles. The van der Waals surface area contributed by atoms with Crippen LogP contribution in [0.25, 0.3) is 5.69 Å². The van der Waals surface area contributed by atoms with Crippen LogP contribution in [0, 0.1) is 12.8 Å². The molecule has 0 saturated carbocycles. The number of rotatable bonds is 4. The predicted octanol–water partition coefficient (Wildman–Crippen LogP) is 2.76. The third-order valence-electron chi connectivity index (χ3n) is 6.10. The third-order valence-corrected chi connectivity index (χ3v) is 6.10. The molecule has 2 aliphatic heterocycles. The Bertz CT molecular complexity index is 1300. The number of benzene rings is 2. The van der Waals surface area contributed by atoms with E-state index in [1.165, 1.54) is 6.07 Å². The molecular weight excluding hydrogens is 436 g/mol. The molecule has 0 radical (unpaired) electrons. The second-order valence-corrected chi connectivity index (χ2v) is 8.37. The number of fused-ring (bicyclic) bond motifs is 1. The van der Waals surface area contributed by atoms with Crippen molar-refractivity contribution in [3.63, 3.8) is 0 Å². The van der Waals surface area contributed by atoms with Gasteiger partial charge in [0.1, 0.15) is 0 Å². The zero-order valence-electron chi connectivity index (χ0n) is 18.7. The van der Waals surface area contributed by atoms with Crippen LogP contribution in [0.2, 0.25) is 0 Å². The van der Waals surface area contributed by atoms with Crippen molar-refractivity contribution in [2.75, 3.05) is 25.2 Å². The molecule has 9 heteroatoms. The summed E-state index contributed by atoms with van der Waals surface area (Å²) in [5, 5.41) is 7.28. The molecule has 0 unspecified atom stereocenters. The van der Waals surface area contributed by atoms with Gasteiger partial charge in [0.05, 0.1) is 5.69 Å². The van der Waals surface area contributed by atoms with Gasteiger partial charge in [-0.2, -0.15) is 5.10 Å². The normalized spacial score (nSPS) is 15.3. The highest BCUT2D eigenvalue weighted by Gasteiger charge is 2.30. The number of amides is 2. The summed E-state index contributed by atoms with van der Waals surface area (Å²) in [7, 11) is 0. The summed E-state index contributed by atoms with van der Waals surface area (Å²) in [5.74, 6) is 0.502. The Morgan fingerprint density at radius 2 is 1.74 bits per heavy atom. The molecule has 174 valence electrons. The zero-order chi connectivity index (χ0) is 23.7. The van der Waals surface area contributed by atoms with Crippen molar-refractivity contribution in [3.05, 3.63) is 76.2 Å². The van der Waals surface area contributed by atoms with Gasteiger partial charge in [0.15, 0.2) is 17.2 Å². The van der Waals surface area contributed by atoms with Crippen LogP contribution in [0.3, 0.4) is 0 Å². The Kier molecular flexibility index (Phi) is 5.75. The molecule has 1 N–H and O–H groups in total. The van der Waals surface area contributed by atoms with E-state index >= 15 is 0 Å². The lowest BCUT2D eigenvalue weighted by atomic mass is 9.95. The second kappa shape index (κ2) is 9.01. The first-order valence-corrected chi connectivity index (χ1v) is 11.2. The van der Waals surface area contributed by atoms with Crippen LogP contribution in [-0.2, 0) is 4.79 Å². The van der Waals surface area contributed by atoms with Gasteiger partial charge in [0, 0.05) is 42.5 Å². The highest BCUT2D eigenvalue weighted by Crippen LogP contribution is 2.34. The number of hydrogen-bond donors (Lipinski definition) is 1. The van der Waals surface area contributed by atoms with Gasteiger partial charge in [-0.25, -0.2) is 4.68 Å². The standard InChI is InChI=1S/C25H24N4O5/c1-16-13-20(30)23(27-29(16)19-5-3-2-4-6-19)25(32)28-11-9-17(10-12-28)24(31)26-18-7-8-21-22(14-18)34-15-33-21/h2-8,13-14,17H,9-12,15H2,1H3,(H,26,31). The lowest BCUT2D eigenvalue weighted by Crippen LogP contribution is -2.43. The lowest BCUT2D eigenvalue weighted by molar-refractivity contribution is -0.121. The van der Waals surface area contributed by atoms with Crippen molar-refractivity contribution < 1.29 is 19.1 Å². The van der Waals surface area contributed by atoms with Crippen molar-refractivity contribution in [2.24, 2.45) is 5.92 Å². The van der Waals surface area contributed by atoms with E-state index in [2.05, 4.69) is 10.4 Å². The molecule has 9 nitrogen and oxygen atoms in total. The fourth-order valence-electron chi connectivity index (χ4n) is 4.24. The number of para-hydroxylation sites is 1. The number of anilines is 1. The SMILES string of the molecule is Cc1cc(=O)c(C(=O)N2CCC(C(=O)Nc3ccc4c(c3)OCO4)CC2)nn1-c1ccccc1. The Morgan fingerprint density at radius 3 is 2.50 bits per heavy atom. The number of carbonyl (C=O) groups is 2. The van der Waals surface area contributed by atoms with E-state index < -0.39 is 11.3 Å². The largest absolute Gasteiger partial charge is 0.454 e. The van der Waals surface area contributed by atoms with E-state index in [4.69, 9.17) is 9.47 Å². The Balaban J connectivity index is 1.25. The first kappa shape index (κ1) is 21.7. The van der Waals surface area contributed by atoms with Crippen LogP contribution in [0.15, 0.2) is 59.4 Å². The molecule has 0 aliphatic carbocycles. The number of piperidine rings is 1. The second-order valence-electron chi connectivity index (χ2n) is 8.37. The van der Waals surface area contributed by atoms with Crippen molar-refractivity contribution in [2.45, 2.75) is 19.8 Å². The van der Waals surface area contributed by atoms with E-state index in [0.29, 0.717) is 48.8 Å². The van der Waals surface area contributed by atoms with Gasteiger partial charge in [-0.05, 0) is 44.0 Å². The van der Waals surface area contributed by atoms with E-state index in [-0.39, 0.29) is 24.3 Å². The van der Waals surface area contributed by atoms with Gasteiger partial charge in [0.2, 0.25) is 18.1 Å². The van der Waals surface area contributed by atoms with Gasteiger partial charge in [-0.15, -0.1) is 0 Å².